The predicted molar refractivity (Wildman–Crippen MR) is 107 cm³/mol. The van der Waals surface area contributed by atoms with Gasteiger partial charge < -0.3 is 15.0 Å². The lowest BCUT2D eigenvalue weighted by atomic mass is 9.89. The number of carbonyl (C=O) groups excluding carboxylic acids is 1. The summed E-state index contributed by atoms with van der Waals surface area (Å²) in [5.74, 6) is 1.80. The van der Waals surface area contributed by atoms with Crippen molar-refractivity contribution in [2.45, 2.75) is 50.7 Å². The summed E-state index contributed by atoms with van der Waals surface area (Å²) in [4.78, 5) is 17.2. The molecule has 3 heterocycles. The molecule has 1 amide bonds. The summed E-state index contributed by atoms with van der Waals surface area (Å²) in [6, 6.07) is 7.07. The van der Waals surface area contributed by atoms with E-state index in [-0.39, 0.29) is 0 Å². The lowest BCUT2D eigenvalue weighted by Gasteiger charge is -2.36. The second-order valence-electron chi connectivity index (χ2n) is 8.29. The van der Waals surface area contributed by atoms with Crippen molar-refractivity contribution in [2.24, 2.45) is 5.92 Å². The lowest BCUT2D eigenvalue weighted by molar-refractivity contribution is -0.134. The molecule has 1 aromatic rings. The largest absolute Gasteiger partial charge is 0.496 e. The molecule has 6 heteroatoms. The molecule has 27 heavy (non-hydrogen) atoms. The summed E-state index contributed by atoms with van der Waals surface area (Å²) in [7, 11) is 1.69. The van der Waals surface area contributed by atoms with Crippen LogP contribution in [0.5, 0.6) is 5.75 Å². The summed E-state index contributed by atoms with van der Waals surface area (Å²) in [6.07, 6.45) is 5.67. The van der Waals surface area contributed by atoms with Crippen molar-refractivity contribution in [1.82, 2.24) is 15.1 Å². The fraction of sp³-hybridized carbons (Fsp3) is 0.667. The molecule has 4 rings (SSSR count). The summed E-state index contributed by atoms with van der Waals surface area (Å²) in [5, 5.41) is 4.40. The third-order valence-electron chi connectivity index (χ3n) is 6.40. The highest BCUT2D eigenvalue weighted by Crippen LogP contribution is 2.33. The molecule has 2 atom stereocenters. The van der Waals surface area contributed by atoms with Gasteiger partial charge in [-0.2, -0.15) is 0 Å². The zero-order valence-electron chi connectivity index (χ0n) is 16.1. The number of ether oxygens (including phenoxy) is 1. The van der Waals surface area contributed by atoms with E-state index < -0.39 is 0 Å². The maximum Gasteiger partial charge on any atom is 0.222 e. The van der Waals surface area contributed by atoms with Crippen LogP contribution in [0.1, 0.15) is 37.7 Å². The van der Waals surface area contributed by atoms with Gasteiger partial charge in [-0.3, -0.25) is 9.69 Å². The Hall–Kier alpha value is -1.30. The molecule has 0 radical (unpaired) electrons. The number of rotatable bonds is 5. The van der Waals surface area contributed by atoms with Crippen molar-refractivity contribution in [3.05, 3.63) is 28.8 Å². The van der Waals surface area contributed by atoms with Crippen LogP contribution in [-0.2, 0) is 11.3 Å². The van der Waals surface area contributed by atoms with Crippen molar-refractivity contribution in [3.63, 3.8) is 0 Å². The molecule has 2 unspecified atom stereocenters. The molecule has 0 aliphatic carbocycles. The zero-order valence-corrected chi connectivity index (χ0v) is 16.9. The van der Waals surface area contributed by atoms with Gasteiger partial charge >= 0.3 is 0 Å². The van der Waals surface area contributed by atoms with E-state index in [0.29, 0.717) is 23.9 Å². The highest BCUT2D eigenvalue weighted by molar-refractivity contribution is 6.30. The summed E-state index contributed by atoms with van der Waals surface area (Å²) in [5.41, 5.74) is 1.11. The maximum absolute atomic E-state index is 12.8. The molecule has 1 aromatic carbocycles. The van der Waals surface area contributed by atoms with Crippen molar-refractivity contribution in [1.29, 1.82) is 0 Å². The Labute approximate surface area is 167 Å². The second kappa shape index (κ2) is 8.38. The van der Waals surface area contributed by atoms with Crippen LogP contribution < -0.4 is 10.1 Å². The molecular formula is C21H30ClN3O2. The Morgan fingerprint density at radius 2 is 1.89 bits per heavy atom. The average molecular weight is 392 g/mol. The highest BCUT2D eigenvalue weighted by Gasteiger charge is 2.35. The van der Waals surface area contributed by atoms with Gasteiger partial charge in [-0.05, 0) is 49.8 Å². The minimum Gasteiger partial charge on any atom is -0.496 e. The first kappa shape index (κ1) is 19.0. The van der Waals surface area contributed by atoms with Crippen LogP contribution in [0.25, 0.3) is 0 Å². The average Bonchev–Trinajstić information content (AvgIpc) is 3.01. The van der Waals surface area contributed by atoms with Crippen LogP contribution in [0, 0.1) is 5.92 Å². The van der Waals surface area contributed by atoms with Crippen LogP contribution >= 0.6 is 11.6 Å². The van der Waals surface area contributed by atoms with E-state index in [1.807, 2.05) is 18.2 Å². The van der Waals surface area contributed by atoms with Crippen LogP contribution in [0.2, 0.25) is 5.02 Å². The number of piperidine rings is 1. The van der Waals surface area contributed by atoms with Crippen LogP contribution in [0.4, 0.5) is 0 Å². The first-order chi connectivity index (χ1) is 13.1. The van der Waals surface area contributed by atoms with Gasteiger partial charge in [0.05, 0.1) is 7.11 Å². The second-order valence-corrected chi connectivity index (χ2v) is 8.73. The third kappa shape index (κ3) is 4.58. The summed E-state index contributed by atoms with van der Waals surface area (Å²) in [6.45, 7) is 4.25. The van der Waals surface area contributed by atoms with Crippen molar-refractivity contribution in [2.75, 3.05) is 33.3 Å². The predicted octanol–water partition coefficient (Wildman–Crippen LogP) is 2.91. The van der Waals surface area contributed by atoms with E-state index in [0.717, 1.165) is 55.5 Å². The Morgan fingerprint density at radius 1 is 1.19 bits per heavy atom. The summed E-state index contributed by atoms with van der Waals surface area (Å²) >= 11 is 6.14. The van der Waals surface area contributed by atoms with E-state index in [9.17, 15) is 4.79 Å². The van der Waals surface area contributed by atoms with Gasteiger partial charge in [0, 0.05) is 61.8 Å². The fourth-order valence-corrected chi connectivity index (χ4v) is 5.18. The van der Waals surface area contributed by atoms with Gasteiger partial charge in [-0.15, -0.1) is 0 Å². The molecule has 0 aromatic heterocycles. The Bertz CT molecular complexity index is 663. The van der Waals surface area contributed by atoms with Crippen molar-refractivity contribution >= 4 is 17.5 Å². The quantitative estimate of drug-likeness (QED) is 0.838. The maximum atomic E-state index is 12.8. The van der Waals surface area contributed by atoms with Crippen LogP contribution in [-0.4, -0.2) is 61.1 Å². The number of halogens is 1. The number of nitrogens with zero attached hydrogens (tertiary/aromatic N) is 2. The van der Waals surface area contributed by atoms with Gasteiger partial charge in [-0.1, -0.05) is 11.6 Å². The van der Waals surface area contributed by atoms with E-state index >= 15 is 0 Å². The molecule has 5 nitrogen and oxygen atoms in total. The minimum absolute atomic E-state index is 0.348. The number of hydrogen-bond donors (Lipinski definition) is 1. The van der Waals surface area contributed by atoms with E-state index in [2.05, 4.69) is 15.1 Å². The Balaban J connectivity index is 1.26. The zero-order chi connectivity index (χ0) is 18.8. The van der Waals surface area contributed by atoms with E-state index in [1.54, 1.807) is 7.11 Å². The molecule has 3 saturated heterocycles. The SMILES string of the molecule is COc1ccc(Cl)cc1CN1CCN(C(=O)CC2CC3CCC(C2)N3)CC1. The van der Waals surface area contributed by atoms with E-state index in [1.165, 1.54) is 25.7 Å². The highest BCUT2D eigenvalue weighted by atomic mass is 35.5. The monoisotopic (exact) mass is 391 g/mol. The third-order valence-corrected chi connectivity index (χ3v) is 6.63. The summed E-state index contributed by atoms with van der Waals surface area (Å²) < 4.78 is 5.45. The van der Waals surface area contributed by atoms with Crippen LogP contribution in [0.3, 0.4) is 0 Å². The minimum atomic E-state index is 0.348. The standard InChI is InChI=1S/C21H30ClN3O2/c1-27-20-5-2-17(22)13-16(20)14-24-6-8-25(9-7-24)21(26)12-15-10-18-3-4-19(11-15)23-18/h2,5,13,15,18-19,23H,3-4,6-12,14H2,1H3. The Kier molecular flexibility index (Phi) is 5.90. The lowest BCUT2D eigenvalue weighted by Crippen LogP contribution is -2.49. The van der Waals surface area contributed by atoms with Gasteiger partial charge in [0.25, 0.3) is 0 Å². The molecule has 3 aliphatic rings. The fourth-order valence-electron chi connectivity index (χ4n) is 4.98. The number of hydrogen-bond acceptors (Lipinski definition) is 4. The molecule has 3 fully saturated rings. The Morgan fingerprint density at radius 3 is 2.56 bits per heavy atom. The molecule has 2 bridgehead atoms. The first-order valence-corrected chi connectivity index (χ1v) is 10.6. The van der Waals surface area contributed by atoms with Gasteiger partial charge in [0.1, 0.15) is 5.75 Å². The normalized spacial score (nSPS) is 28.4. The van der Waals surface area contributed by atoms with Gasteiger partial charge in [0.2, 0.25) is 5.91 Å². The smallest absolute Gasteiger partial charge is 0.222 e. The van der Waals surface area contributed by atoms with E-state index in [4.69, 9.17) is 16.3 Å². The topological polar surface area (TPSA) is 44.8 Å². The number of nitrogens with one attached hydrogen (secondary N) is 1. The number of piperazine rings is 1. The number of benzene rings is 1. The first-order valence-electron chi connectivity index (χ1n) is 10.2. The number of carbonyl (C=O) groups is 1. The number of methoxy groups -OCH3 is 1. The molecule has 0 saturated carbocycles. The molecule has 1 N–H and O–H groups in total. The molecular weight excluding hydrogens is 362 g/mol. The number of fused-ring (bicyclic) bond motifs is 2. The van der Waals surface area contributed by atoms with Crippen LogP contribution in [0.15, 0.2) is 18.2 Å². The van der Waals surface area contributed by atoms with Crippen molar-refractivity contribution < 1.29 is 9.53 Å². The number of amides is 1. The van der Waals surface area contributed by atoms with Gasteiger partial charge in [0.15, 0.2) is 0 Å². The van der Waals surface area contributed by atoms with Gasteiger partial charge in [-0.25, -0.2) is 0 Å². The molecule has 148 valence electrons. The molecule has 0 spiro atoms. The van der Waals surface area contributed by atoms with Crippen molar-refractivity contribution in [3.8, 4) is 5.75 Å². The molecule has 3 aliphatic heterocycles.